The van der Waals surface area contributed by atoms with E-state index >= 15 is 0 Å². The molecule has 2 rings (SSSR count). The van der Waals surface area contributed by atoms with Gasteiger partial charge >= 0.3 is 12.1 Å². The van der Waals surface area contributed by atoms with Crippen molar-refractivity contribution in [3.05, 3.63) is 28.8 Å². The lowest BCUT2D eigenvalue weighted by Crippen LogP contribution is -2.36. The van der Waals surface area contributed by atoms with E-state index < -0.39 is 27.7 Å². The molecule has 110 valence electrons. The molecular weight excluding hydrogens is 317 g/mol. The van der Waals surface area contributed by atoms with Gasteiger partial charge in [-0.05, 0) is 25.0 Å². The minimum atomic E-state index is -4.59. The summed E-state index contributed by atoms with van der Waals surface area (Å²) in [7, 11) is -1.33. The third-order valence-electron chi connectivity index (χ3n) is 3.14. The third-order valence-corrected chi connectivity index (χ3v) is 5.54. The normalized spacial score (nSPS) is 18.4. The van der Waals surface area contributed by atoms with Crippen molar-refractivity contribution in [2.45, 2.75) is 28.7 Å². The summed E-state index contributed by atoms with van der Waals surface area (Å²) >= 11 is 5.82. The third kappa shape index (κ3) is 2.33. The molecule has 20 heavy (non-hydrogen) atoms. The molecular formula is C12H10ClF3O3S. The van der Waals surface area contributed by atoms with E-state index in [0.29, 0.717) is 0 Å². The van der Waals surface area contributed by atoms with E-state index in [1.54, 1.807) is 0 Å². The van der Waals surface area contributed by atoms with Gasteiger partial charge in [-0.3, -0.25) is 4.21 Å². The number of alkyl halides is 3. The van der Waals surface area contributed by atoms with Gasteiger partial charge in [-0.15, -0.1) is 0 Å². The zero-order valence-electron chi connectivity index (χ0n) is 10.3. The number of halogens is 4. The highest BCUT2D eigenvalue weighted by Crippen LogP contribution is 2.55. The van der Waals surface area contributed by atoms with E-state index in [1.165, 1.54) is 18.2 Å². The number of hydrogen-bond acceptors (Lipinski definition) is 3. The molecule has 0 aliphatic heterocycles. The topological polar surface area (TPSA) is 43.4 Å². The van der Waals surface area contributed by atoms with Crippen molar-refractivity contribution in [1.82, 2.24) is 0 Å². The predicted octanol–water partition coefficient (Wildman–Crippen LogP) is 3.33. The van der Waals surface area contributed by atoms with Gasteiger partial charge in [0.1, 0.15) is 4.75 Å². The lowest BCUT2D eigenvalue weighted by Gasteiger charge is -2.20. The molecule has 1 aromatic carbocycles. The molecule has 0 radical (unpaired) electrons. The van der Waals surface area contributed by atoms with Crippen LogP contribution in [0.25, 0.3) is 0 Å². The van der Waals surface area contributed by atoms with Gasteiger partial charge in [0.15, 0.2) is 0 Å². The minimum Gasteiger partial charge on any atom is -0.465 e. The highest BCUT2D eigenvalue weighted by Gasteiger charge is 2.68. The standard InChI is InChI=1S/C12H10ClF3O3S/c1-19-10(17)9-7(13)3-2-4-8(9)20(18)11(5-6-11)12(14,15)16/h2-4H,5-6H2,1H3. The van der Waals surface area contributed by atoms with Crippen LogP contribution in [0.4, 0.5) is 13.2 Å². The van der Waals surface area contributed by atoms with Gasteiger partial charge in [0.25, 0.3) is 0 Å². The number of methoxy groups -OCH3 is 1. The Labute approximate surface area is 120 Å². The number of benzene rings is 1. The van der Waals surface area contributed by atoms with Gasteiger partial charge in [0, 0.05) is 0 Å². The van der Waals surface area contributed by atoms with Gasteiger partial charge in [-0.25, -0.2) is 4.79 Å². The average molecular weight is 327 g/mol. The Balaban J connectivity index is 2.52. The molecule has 0 heterocycles. The quantitative estimate of drug-likeness (QED) is 0.800. The van der Waals surface area contributed by atoms with Crippen LogP contribution < -0.4 is 0 Å². The lowest BCUT2D eigenvalue weighted by molar-refractivity contribution is -0.136. The van der Waals surface area contributed by atoms with Crippen molar-refractivity contribution in [2.75, 3.05) is 7.11 Å². The first kappa shape index (κ1) is 15.3. The van der Waals surface area contributed by atoms with Crippen molar-refractivity contribution in [3.8, 4) is 0 Å². The summed E-state index contributed by atoms with van der Waals surface area (Å²) in [5.41, 5.74) is -0.273. The fourth-order valence-corrected chi connectivity index (χ4v) is 3.85. The molecule has 1 unspecified atom stereocenters. The number of hydrogen-bond donors (Lipinski definition) is 0. The second kappa shape index (κ2) is 5.04. The first-order valence-electron chi connectivity index (χ1n) is 5.60. The highest BCUT2D eigenvalue weighted by molar-refractivity contribution is 7.87. The van der Waals surface area contributed by atoms with Crippen LogP contribution in [0.1, 0.15) is 23.2 Å². The number of esters is 1. The zero-order chi connectivity index (χ0) is 15.1. The first-order valence-corrected chi connectivity index (χ1v) is 7.13. The summed E-state index contributed by atoms with van der Waals surface area (Å²) in [4.78, 5) is 11.4. The Hall–Kier alpha value is -1.08. The molecule has 0 saturated heterocycles. The number of rotatable bonds is 3. The fraction of sp³-hybridized carbons (Fsp3) is 0.417. The van der Waals surface area contributed by atoms with Crippen LogP contribution in [0.3, 0.4) is 0 Å². The molecule has 1 fully saturated rings. The average Bonchev–Trinajstić information content (AvgIpc) is 3.17. The van der Waals surface area contributed by atoms with Gasteiger partial charge in [0.05, 0.1) is 33.4 Å². The molecule has 0 bridgehead atoms. The molecule has 0 amide bonds. The van der Waals surface area contributed by atoms with Crippen LogP contribution in [0, 0.1) is 0 Å². The Morgan fingerprint density at radius 3 is 2.45 bits per heavy atom. The molecule has 1 aliphatic rings. The molecule has 1 aromatic rings. The van der Waals surface area contributed by atoms with Crippen LogP contribution in [0.2, 0.25) is 5.02 Å². The summed E-state index contributed by atoms with van der Waals surface area (Å²) in [6.45, 7) is 0. The smallest absolute Gasteiger partial charge is 0.406 e. The maximum Gasteiger partial charge on any atom is 0.406 e. The van der Waals surface area contributed by atoms with E-state index in [0.717, 1.165) is 7.11 Å². The van der Waals surface area contributed by atoms with Crippen molar-refractivity contribution in [2.24, 2.45) is 0 Å². The summed E-state index contributed by atoms with van der Waals surface area (Å²) in [5, 5.41) is -0.0827. The predicted molar refractivity (Wildman–Crippen MR) is 67.2 cm³/mol. The Kier molecular flexibility index (Phi) is 3.85. The van der Waals surface area contributed by atoms with Crippen molar-refractivity contribution >= 4 is 28.4 Å². The molecule has 1 aliphatic carbocycles. The summed E-state index contributed by atoms with van der Waals surface area (Å²) in [6.07, 6.45) is -5.04. The molecule has 8 heteroatoms. The Bertz CT molecular complexity index is 582. The van der Waals surface area contributed by atoms with Crippen LogP contribution in [-0.2, 0) is 15.5 Å². The minimum absolute atomic E-state index is 0.0827. The fourth-order valence-electron chi connectivity index (χ4n) is 1.86. The van der Waals surface area contributed by atoms with Crippen molar-refractivity contribution < 1.29 is 26.9 Å². The lowest BCUT2D eigenvalue weighted by atomic mass is 10.2. The Morgan fingerprint density at radius 1 is 1.40 bits per heavy atom. The maximum absolute atomic E-state index is 13.0. The molecule has 0 spiro atoms. The van der Waals surface area contributed by atoms with Crippen LogP contribution in [0.15, 0.2) is 23.1 Å². The van der Waals surface area contributed by atoms with Gasteiger partial charge < -0.3 is 4.74 Å². The second-order valence-corrected chi connectivity index (χ2v) is 6.53. The second-order valence-electron chi connectivity index (χ2n) is 4.37. The summed E-state index contributed by atoms with van der Waals surface area (Å²) in [5.74, 6) is -0.906. The van der Waals surface area contributed by atoms with Crippen LogP contribution in [-0.4, -0.2) is 28.2 Å². The molecule has 1 saturated carbocycles. The van der Waals surface area contributed by atoms with Gasteiger partial charge in [0.2, 0.25) is 0 Å². The van der Waals surface area contributed by atoms with E-state index in [1.807, 2.05) is 0 Å². The highest BCUT2D eigenvalue weighted by atomic mass is 35.5. The van der Waals surface area contributed by atoms with Crippen LogP contribution >= 0.6 is 11.6 Å². The Morgan fingerprint density at radius 2 is 2.00 bits per heavy atom. The SMILES string of the molecule is COC(=O)c1c(Cl)cccc1S(=O)C1(C(F)(F)F)CC1. The molecule has 1 atom stereocenters. The van der Waals surface area contributed by atoms with Crippen LogP contribution in [0.5, 0.6) is 0 Å². The number of carbonyl (C=O) groups is 1. The van der Waals surface area contributed by atoms with E-state index in [2.05, 4.69) is 4.74 Å². The van der Waals surface area contributed by atoms with Crippen molar-refractivity contribution in [3.63, 3.8) is 0 Å². The summed E-state index contributed by atoms with van der Waals surface area (Å²) in [6, 6.07) is 3.90. The molecule has 3 nitrogen and oxygen atoms in total. The van der Waals surface area contributed by atoms with E-state index in [4.69, 9.17) is 11.6 Å². The molecule has 0 aromatic heterocycles. The monoisotopic (exact) mass is 326 g/mol. The van der Waals surface area contributed by atoms with E-state index in [-0.39, 0.29) is 28.3 Å². The number of carbonyl (C=O) groups excluding carboxylic acids is 1. The molecule has 0 N–H and O–H groups in total. The van der Waals surface area contributed by atoms with Gasteiger partial charge in [-0.2, -0.15) is 13.2 Å². The zero-order valence-corrected chi connectivity index (χ0v) is 11.9. The largest absolute Gasteiger partial charge is 0.465 e. The summed E-state index contributed by atoms with van der Waals surface area (Å²) < 4.78 is 53.5. The van der Waals surface area contributed by atoms with Crippen molar-refractivity contribution in [1.29, 1.82) is 0 Å². The first-order chi connectivity index (χ1) is 9.24. The maximum atomic E-state index is 13.0. The number of ether oxygens (including phenoxy) is 1. The van der Waals surface area contributed by atoms with E-state index in [9.17, 15) is 22.2 Å². The van der Waals surface area contributed by atoms with Gasteiger partial charge in [-0.1, -0.05) is 17.7 Å².